The largest absolute Gasteiger partial charge is 0.423 e. The molecule has 0 bridgehead atoms. The van der Waals surface area contributed by atoms with E-state index in [-0.39, 0.29) is 17.2 Å². The van der Waals surface area contributed by atoms with Crippen LogP contribution in [0.25, 0.3) is 0 Å². The number of alkyl halides is 3. The molecule has 100 valence electrons. The molecule has 1 aromatic carbocycles. The van der Waals surface area contributed by atoms with Crippen LogP contribution < -0.4 is 10.6 Å². The zero-order valence-corrected chi connectivity index (χ0v) is 9.49. The highest BCUT2D eigenvalue weighted by atomic mass is 19.4. The second-order valence-corrected chi connectivity index (χ2v) is 3.93. The fraction of sp³-hybridized carbons (Fsp3) is 0.273. The molecule has 2 rings (SSSR count). The maximum absolute atomic E-state index is 13.1. The van der Waals surface area contributed by atoms with E-state index < -0.39 is 18.3 Å². The van der Waals surface area contributed by atoms with E-state index in [0.29, 0.717) is 0 Å². The number of guanidine groups is 1. The van der Waals surface area contributed by atoms with Crippen LogP contribution in [0.15, 0.2) is 29.3 Å². The standard InChI is InChI=1S/C11H9F3N4O/c12-11(13,14)10(19)5-16-9(17-6-15)18-8-4-2-1-3-7(8)10/h1-4,19H,5H2,(H2,16,17,18). The average Bonchev–Trinajstić information content (AvgIpc) is 2.48. The van der Waals surface area contributed by atoms with Crippen LogP contribution in [0.5, 0.6) is 0 Å². The summed E-state index contributed by atoms with van der Waals surface area (Å²) in [4.78, 5) is 3.55. The molecule has 0 spiro atoms. The van der Waals surface area contributed by atoms with Crippen molar-refractivity contribution in [1.29, 1.82) is 5.26 Å². The molecule has 1 atom stereocenters. The van der Waals surface area contributed by atoms with Crippen molar-refractivity contribution in [1.82, 2.24) is 5.32 Å². The molecule has 3 N–H and O–H groups in total. The van der Waals surface area contributed by atoms with Gasteiger partial charge < -0.3 is 10.4 Å². The zero-order chi connectivity index (χ0) is 14.1. The number of nitrogens with one attached hydrogen (secondary N) is 2. The molecule has 0 fully saturated rings. The molecule has 1 unspecified atom stereocenters. The van der Waals surface area contributed by atoms with Crippen LogP contribution in [-0.2, 0) is 5.60 Å². The molecule has 1 heterocycles. The Bertz CT molecular complexity index is 564. The van der Waals surface area contributed by atoms with Gasteiger partial charge in [-0.25, -0.2) is 4.99 Å². The number of nitriles is 1. The molecule has 0 aliphatic carbocycles. The van der Waals surface area contributed by atoms with Gasteiger partial charge >= 0.3 is 6.18 Å². The molecule has 0 radical (unpaired) electrons. The van der Waals surface area contributed by atoms with Gasteiger partial charge in [-0.1, -0.05) is 18.2 Å². The predicted octanol–water partition coefficient (Wildman–Crippen LogP) is 1.29. The summed E-state index contributed by atoms with van der Waals surface area (Å²) in [5.74, 6) is -0.143. The first-order valence-electron chi connectivity index (χ1n) is 5.23. The number of fused-ring (bicyclic) bond motifs is 1. The molecule has 0 saturated heterocycles. The van der Waals surface area contributed by atoms with Gasteiger partial charge in [0.15, 0.2) is 6.19 Å². The van der Waals surface area contributed by atoms with Crippen LogP contribution >= 0.6 is 0 Å². The first kappa shape index (κ1) is 13.2. The molecular formula is C11H9F3N4O. The number of anilines is 1. The summed E-state index contributed by atoms with van der Waals surface area (Å²) < 4.78 is 39.2. The van der Waals surface area contributed by atoms with Crippen molar-refractivity contribution < 1.29 is 18.3 Å². The Labute approximate surface area is 106 Å². The highest BCUT2D eigenvalue weighted by Gasteiger charge is 2.56. The van der Waals surface area contributed by atoms with E-state index in [4.69, 9.17) is 5.26 Å². The van der Waals surface area contributed by atoms with Gasteiger partial charge in [0.1, 0.15) is 0 Å². The summed E-state index contributed by atoms with van der Waals surface area (Å²) in [5.41, 5.74) is -3.38. The minimum atomic E-state index is -4.88. The quantitative estimate of drug-likeness (QED) is 0.490. The van der Waals surface area contributed by atoms with Gasteiger partial charge in [-0.2, -0.15) is 18.4 Å². The monoisotopic (exact) mass is 270 g/mol. The average molecular weight is 270 g/mol. The summed E-state index contributed by atoms with van der Waals surface area (Å²) in [5, 5.41) is 23.1. The third-order valence-electron chi connectivity index (χ3n) is 2.73. The number of benzene rings is 1. The van der Waals surface area contributed by atoms with E-state index in [0.717, 1.165) is 0 Å². The molecule has 0 amide bonds. The highest BCUT2D eigenvalue weighted by molar-refractivity contribution is 5.96. The van der Waals surface area contributed by atoms with Crippen molar-refractivity contribution in [2.45, 2.75) is 11.8 Å². The molecule has 1 aromatic rings. The van der Waals surface area contributed by atoms with Crippen LogP contribution in [0.1, 0.15) is 5.56 Å². The maximum atomic E-state index is 13.1. The van der Waals surface area contributed by atoms with Crippen LogP contribution in [0.4, 0.5) is 18.9 Å². The molecular weight excluding hydrogens is 261 g/mol. The van der Waals surface area contributed by atoms with Gasteiger partial charge in [0, 0.05) is 11.3 Å². The molecule has 8 heteroatoms. The van der Waals surface area contributed by atoms with Gasteiger partial charge in [-0.15, -0.1) is 0 Å². The van der Waals surface area contributed by atoms with Gasteiger partial charge in [0.2, 0.25) is 11.6 Å². The van der Waals surface area contributed by atoms with Crippen molar-refractivity contribution in [3.63, 3.8) is 0 Å². The maximum Gasteiger partial charge on any atom is 0.423 e. The van der Waals surface area contributed by atoms with E-state index >= 15 is 0 Å². The Kier molecular flexibility index (Phi) is 3.08. The summed E-state index contributed by atoms with van der Waals surface area (Å²) in [6.45, 7) is -0.926. The summed E-state index contributed by atoms with van der Waals surface area (Å²) >= 11 is 0. The number of halogens is 3. The van der Waals surface area contributed by atoms with Gasteiger partial charge in [0.05, 0.1) is 6.54 Å². The van der Waals surface area contributed by atoms with Crippen molar-refractivity contribution in [3.05, 3.63) is 29.8 Å². The Morgan fingerprint density at radius 3 is 2.74 bits per heavy atom. The van der Waals surface area contributed by atoms with E-state index in [1.54, 1.807) is 6.19 Å². The molecule has 0 aromatic heterocycles. The summed E-state index contributed by atoms with van der Waals surface area (Å²) in [6.07, 6.45) is -3.32. The van der Waals surface area contributed by atoms with Crippen LogP contribution in [0.3, 0.4) is 0 Å². The molecule has 5 nitrogen and oxygen atoms in total. The van der Waals surface area contributed by atoms with Gasteiger partial charge in [-0.05, 0) is 6.07 Å². The van der Waals surface area contributed by atoms with Crippen LogP contribution in [-0.4, -0.2) is 23.8 Å². The number of hydrogen-bond donors (Lipinski definition) is 3. The minimum absolute atomic E-state index is 0.0429. The predicted molar refractivity (Wildman–Crippen MR) is 61.1 cm³/mol. The molecule has 1 aliphatic heterocycles. The third-order valence-corrected chi connectivity index (χ3v) is 2.73. The van der Waals surface area contributed by atoms with E-state index in [1.165, 1.54) is 24.3 Å². The highest BCUT2D eigenvalue weighted by Crippen LogP contribution is 2.43. The summed E-state index contributed by atoms with van der Waals surface area (Å²) in [6, 6.07) is 5.43. The van der Waals surface area contributed by atoms with Crippen molar-refractivity contribution in [3.8, 4) is 6.19 Å². The topological polar surface area (TPSA) is 80.4 Å². The molecule has 0 saturated carbocycles. The first-order valence-corrected chi connectivity index (χ1v) is 5.23. The number of aliphatic imine (C=N–C) groups is 1. The van der Waals surface area contributed by atoms with E-state index in [1.807, 2.05) is 0 Å². The second kappa shape index (κ2) is 4.44. The Morgan fingerprint density at radius 2 is 2.11 bits per heavy atom. The smallest absolute Gasteiger partial charge is 0.375 e. The van der Waals surface area contributed by atoms with Crippen molar-refractivity contribution in [2.75, 3.05) is 11.9 Å². The number of nitrogens with zero attached hydrogens (tertiary/aromatic N) is 2. The van der Waals surface area contributed by atoms with E-state index in [9.17, 15) is 18.3 Å². The van der Waals surface area contributed by atoms with Crippen LogP contribution in [0, 0.1) is 11.5 Å². The number of aliphatic hydroxyl groups is 1. The fourth-order valence-electron chi connectivity index (χ4n) is 1.76. The number of hydrogen-bond acceptors (Lipinski definition) is 5. The number of para-hydroxylation sites is 1. The fourth-order valence-corrected chi connectivity index (χ4v) is 1.76. The number of rotatable bonds is 0. The minimum Gasteiger partial charge on any atom is -0.375 e. The molecule has 1 aliphatic rings. The Morgan fingerprint density at radius 1 is 1.42 bits per heavy atom. The van der Waals surface area contributed by atoms with Crippen molar-refractivity contribution in [2.24, 2.45) is 4.99 Å². The second-order valence-electron chi connectivity index (χ2n) is 3.93. The lowest BCUT2D eigenvalue weighted by Crippen LogP contribution is -2.44. The normalized spacial score (nSPS) is 22.4. The lowest BCUT2D eigenvalue weighted by atomic mass is 9.92. The Hall–Kier alpha value is -2.27. The summed E-state index contributed by atoms with van der Waals surface area (Å²) in [7, 11) is 0. The van der Waals surface area contributed by atoms with E-state index in [2.05, 4.69) is 15.6 Å². The van der Waals surface area contributed by atoms with Gasteiger partial charge in [0.25, 0.3) is 0 Å². The van der Waals surface area contributed by atoms with Crippen molar-refractivity contribution >= 4 is 11.6 Å². The first-order chi connectivity index (χ1) is 8.88. The SMILES string of the molecule is N#CNC1=NCC(O)(C(F)(F)F)c2ccccc2N1. The lowest BCUT2D eigenvalue weighted by Gasteiger charge is -2.29. The third kappa shape index (κ3) is 2.20. The Balaban J connectivity index is 2.56. The van der Waals surface area contributed by atoms with Crippen LogP contribution in [0.2, 0.25) is 0 Å². The zero-order valence-electron chi connectivity index (χ0n) is 9.49. The van der Waals surface area contributed by atoms with Gasteiger partial charge in [-0.3, -0.25) is 5.32 Å². The lowest BCUT2D eigenvalue weighted by molar-refractivity contribution is -0.261. The molecule has 19 heavy (non-hydrogen) atoms.